The molecule has 1 rings (SSSR count). The lowest BCUT2D eigenvalue weighted by Crippen LogP contribution is -2.30. The van der Waals surface area contributed by atoms with Gasteiger partial charge in [-0.2, -0.15) is 0 Å². The summed E-state index contributed by atoms with van der Waals surface area (Å²) in [7, 11) is 0. The molecule has 2 nitrogen and oxygen atoms in total. The van der Waals surface area contributed by atoms with Crippen LogP contribution < -0.4 is 5.32 Å². The Morgan fingerprint density at radius 3 is 2.61 bits per heavy atom. The van der Waals surface area contributed by atoms with Crippen molar-refractivity contribution in [3.63, 3.8) is 0 Å². The molecule has 0 spiro atoms. The minimum atomic E-state index is 0.572. The van der Waals surface area contributed by atoms with E-state index in [4.69, 9.17) is 0 Å². The number of hydrogen-bond donors (Lipinski definition) is 1. The topological polar surface area (TPSA) is 24.4 Å². The molecule has 0 aliphatic carbocycles. The van der Waals surface area contributed by atoms with Crippen LogP contribution in [-0.4, -0.2) is 23.0 Å². The van der Waals surface area contributed by atoms with Crippen molar-refractivity contribution in [2.45, 2.75) is 77.5 Å². The van der Waals surface area contributed by atoms with Crippen molar-refractivity contribution in [1.29, 1.82) is 0 Å². The third kappa shape index (κ3) is 5.21. The van der Waals surface area contributed by atoms with E-state index in [0.29, 0.717) is 11.3 Å². The molecule has 1 N–H and O–H groups in total. The molecule has 0 fully saturated rings. The smallest absolute Gasteiger partial charge is 0.157 e. The van der Waals surface area contributed by atoms with Gasteiger partial charge in [-0.3, -0.25) is 4.99 Å². The van der Waals surface area contributed by atoms with Crippen molar-refractivity contribution in [1.82, 2.24) is 5.32 Å². The van der Waals surface area contributed by atoms with Crippen LogP contribution in [0.4, 0.5) is 0 Å². The van der Waals surface area contributed by atoms with E-state index in [1.807, 2.05) is 11.8 Å². The molecule has 106 valence electrons. The molecule has 2 atom stereocenters. The molecule has 0 bridgehead atoms. The Morgan fingerprint density at radius 2 is 2.00 bits per heavy atom. The predicted molar refractivity (Wildman–Crippen MR) is 84.5 cm³/mol. The molecule has 1 aliphatic heterocycles. The number of thioether (sulfide) groups is 1. The van der Waals surface area contributed by atoms with Crippen molar-refractivity contribution in [3.8, 4) is 0 Å². The summed E-state index contributed by atoms with van der Waals surface area (Å²) in [5, 5.41) is 5.49. The molecule has 0 aromatic heterocycles. The van der Waals surface area contributed by atoms with Crippen LogP contribution in [0.2, 0.25) is 0 Å². The molecule has 0 aromatic carbocycles. The van der Waals surface area contributed by atoms with E-state index in [2.05, 4.69) is 38.0 Å². The van der Waals surface area contributed by atoms with Crippen molar-refractivity contribution in [2.24, 2.45) is 10.9 Å². The van der Waals surface area contributed by atoms with Gasteiger partial charge in [-0.25, -0.2) is 0 Å². The van der Waals surface area contributed by atoms with E-state index in [-0.39, 0.29) is 0 Å². The summed E-state index contributed by atoms with van der Waals surface area (Å²) in [6.45, 7) is 10.2. The van der Waals surface area contributed by atoms with Gasteiger partial charge in [-0.1, -0.05) is 64.6 Å². The van der Waals surface area contributed by atoms with Crippen LogP contribution >= 0.6 is 11.8 Å². The van der Waals surface area contributed by atoms with Gasteiger partial charge < -0.3 is 5.32 Å². The molecular formula is C15H30N2S. The van der Waals surface area contributed by atoms with Gasteiger partial charge in [0.05, 0.1) is 6.54 Å². The Balaban J connectivity index is 2.24. The van der Waals surface area contributed by atoms with E-state index in [0.717, 1.165) is 12.5 Å². The maximum atomic E-state index is 4.67. The summed E-state index contributed by atoms with van der Waals surface area (Å²) in [6.07, 6.45) is 7.81. The summed E-state index contributed by atoms with van der Waals surface area (Å²) >= 11 is 1.97. The second-order valence-electron chi connectivity index (χ2n) is 5.42. The summed E-state index contributed by atoms with van der Waals surface area (Å²) in [6, 6.07) is 0.572. The highest BCUT2D eigenvalue weighted by atomic mass is 32.2. The minimum absolute atomic E-state index is 0.572. The van der Waals surface area contributed by atoms with Gasteiger partial charge in [0, 0.05) is 11.3 Å². The van der Waals surface area contributed by atoms with Crippen LogP contribution in [0.5, 0.6) is 0 Å². The third-order valence-electron chi connectivity index (χ3n) is 3.86. The summed E-state index contributed by atoms with van der Waals surface area (Å²) in [5.41, 5.74) is 0. The number of unbranched alkanes of at least 4 members (excludes halogenated alkanes) is 2. The molecule has 0 saturated heterocycles. The monoisotopic (exact) mass is 270 g/mol. The number of rotatable bonds is 8. The van der Waals surface area contributed by atoms with Crippen LogP contribution in [0.15, 0.2) is 4.99 Å². The zero-order valence-corrected chi connectivity index (χ0v) is 13.4. The van der Waals surface area contributed by atoms with Crippen molar-refractivity contribution in [3.05, 3.63) is 0 Å². The average Bonchev–Trinajstić information content (AvgIpc) is 2.79. The summed E-state index contributed by atoms with van der Waals surface area (Å²) < 4.78 is 0. The van der Waals surface area contributed by atoms with Gasteiger partial charge >= 0.3 is 0 Å². The largest absolute Gasteiger partial charge is 0.362 e. The van der Waals surface area contributed by atoms with Gasteiger partial charge in [0.25, 0.3) is 0 Å². The minimum Gasteiger partial charge on any atom is -0.362 e. The molecule has 2 unspecified atom stereocenters. The summed E-state index contributed by atoms with van der Waals surface area (Å²) in [4.78, 5) is 4.67. The maximum absolute atomic E-state index is 4.67. The Bertz CT molecular complexity index is 249. The summed E-state index contributed by atoms with van der Waals surface area (Å²) in [5.74, 6) is 0.827. The van der Waals surface area contributed by atoms with Crippen LogP contribution in [0.1, 0.15) is 66.2 Å². The standard InChI is InChI=1S/C15H30N2S/c1-5-8-9-10-12(4)17-15-16-11-14(18-15)13(6-2)7-3/h12-14H,5-11H2,1-4H3,(H,16,17). The molecular weight excluding hydrogens is 240 g/mol. The quantitative estimate of drug-likeness (QED) is 0.659. The lowest BCUT2D eigenvalue weighted by atomic mass is 9.99. The van der Waals surface area contributed by atoms with Crippen LogP contribution in [0, 0.1) is 5.92 Å². The first-order valence-corrected chi connectivity index (χ1v) is 8.56. The van der Waals surface area contributed by atoms with Crippen molar-refractivity contribution >= 4 is 16.9 Å². The molecule has 0 radical (unpaired) electrons. The highest BCUT2D eigenvalue weighted by Gasteiger charge is 2.26. The predicted octanol–water partition coefficient (Wildman–Crippen LogP) is 4.45. The highest BCUT2D eigenvalue weighted by Crippen LogP contribution is 2.30. The first-order valence-electron chi connectivity index (χ1n) is 7.68. The molecule has 0 saturated carbocycles. The number of hydrogen-bond acceptors (Lipinski definition) is 3. The normalized spacial score (nSPS) is 21.2. The Hall–Kier alpha value is -0.180. The molecule has 1 heterocycles. The first kappa shape index (κ1) is 15.9. The van der Waals surface area contributed by atoms with Crippen molar-refractivity contribution < 1.29 is 0 Å². The Kier molecular flexibility index (Phi) is 7.80. The van der Waals surface area contributed by atoms with E-state index >= 15 is 0 Å². The second-order valence-corrected chi connectivity index (χ2v) is 6.65. The molecule has 3 heteroatoms. The fourth-order valence-electron chi connectivity index (χ4n) is 2.51. The van der Waals surface area contributed by atoms with E-state index in [1.54, 1.807) is 0 Å². The first-order chi connectivity index (χ1) is 8.71. The molecule has 1 aliphatic rings. The maximum Gasteiger partial charge on any atom is 0.157 e. The van der Waals surface area contributed by atoms with Crippen LogP contribution in [-0.2, 0) is 0 Å². The average molecular weight is 270 g/mol. The number of amidine groups is 1. The number of aliphatic imine (C=N–C) groups is 1. The van der Waals surface area contributed by atoms with Gasteiger partial charge in [0.1, 0.15) is 0 Å². The molecule has 0 aromatic rings. The van der Waals surface area contributed by atoms with Gasteiger partial charge in [-0.05, 0) is 19.3 Å². The number of nitrogens with one attached hydrogen (secondary N) is 1. The third-order valence-corrected chi connectivity index (χ3v) is 5.17. The van der Waals surface area contributed by atoms with Crippen molar-refractivity contribution in [2.75, 3.05) is 6.54 Å². The fraction of sp³-hybridized carbons (Fsp3) is 0.933. The zero-order valence-electron chi connectivity index (χ0n) is 12.5. The molecule has 18 heavy (non-hydrogen) atoms. The zero-order chi connectivity index (χ0) is 13.4. The van der Waals surface area contributed by atoms with E-state index < -0.39 is 0 Å². The number of nitrogens with zero attached hydrogens (tertiary/aromatic N) is 1. The molecule has 0 amide bonds. The SMILES string of the molecule is CCCCCC(C)NC1=NCC(C(CC)CC)S1. The van der Waals surface area contributed by atoms with Gasteiger partial charge in [0.15, 0.2) is 5.17 Å². The second kappa shape index (κ2) is 8.84. The Morgan fingerprint density at radius 1 is 1.28 bits per heavy atom. The van der Waals surface area contributed by atoms with E-state index in [9.17, 15) is 0 Å². The lowest BCUT2D eigenvalue weighted by Gasteiger charge is -2.19. The van der Waals surface area contributed by atoms with Gasteiger partial charge in [0.2, 0.25) is 0 Å². The van der Waals surface area contributed by atoms with E-state index in [1.165, 1.54) is 43.7 Å². The fourth-order valence-corrected chi connectivity index (χ4v) is 3.95. The highest BCUT2D eigenvalue weighted by molar-refractivity contribution is 8.14. The van der Waals surface area contributed by atoms with Crippen LogP contribution in [0.25, 0.3) is 0 Å². The lowest BCUT2D eigenvalue weighted by molar-refractivity contribution is 0.479. The van der Waals surface area contributed by atoms with Gasteiger partial charge in [-0.15, -0.1) is 0 Å². The Labute approximate surface area is 117 Å². The van der Waals surface area contributed by atoms with Crippen LogP contribution in [0.3, 0.4) is 0 Å².